The molecule has 0 atom stereocenters. The van der Waals surface area contributed by atoms with Crippen LogP contribution < -0.4 is 4.74 Å². The van der Waals surface area contributed by atoms with Gasteiger partial charge in [0.15, 0.2) is 11.6 Å². The van der Waals surface area contributed by atoms with E-state index < -0.39 is 18.2 Å². The van der Waals surface area contributed by atoms with Gasteiger partial charge < -0.3 is 9.84 Å². The minimum absolute atomic E-state index is 0.293. The van der Waals surface area contributed by atoms with Gasteiger partial charge in [-0.05, 0) is 18.2 Å². The molecule has 1 aromatic rings. The largest absolute Gasteiger partial charge is 0.432 e. The molecule has 0 saturated heterocycles. The SMILES string of the molecule is OCC#Cc1ccc(F)c(OC(F)F)c1. The molecule has 0 bridgehead atoms. The zero-order valence-corrected chi connectivity index (χ0v) is 7.51. The van der Waals surface area contributed by atoms with Crippen molar-refractivity contribution in [2.75, 3.05) is 6.61 Å². The van der Waals surface area contributed by atoms with E-state index in [-0.39, 0.29) is 6.61 Å². The maximum atomic E-state index is 12.9. The third-order valence-corrected chi connectivity index (χ3v) is 1.46. The topological polar surface area (TPSA) is 29.5 Å². The lowest BCUT2D eigenvalue weighted by atomic mass is 10.2. The zero-order valence-electron chi connectivity index (χ0n) is 7.51. The lowest BCUT2D eigenvalue weighted by molar-refractivity contribution is -0.0521. The van der Waals surface area contributed by atoms with Crippen LogP contribution in [-0.2, 0) is 0 Å². The van der Waals surface area contributed by atoms with Crippen LogP contribution in [0.2, 0.25) is 0 Å². The second-order valence-corrected chi connectivity index (χ2v) is 2.48. The van der Waals surface area contributed by atoms with Crippen LogP contribution in [0, 0.1) is 17.7 Å². The molecule has 0 aromatic heterocycles. The van der Waals surface area contributed by atoms with Crippen molar-refractivity contribution in [3.8, 4) is 17.6 Å². The second kappa shape index (κ2) is 5.27. The molecule has 1 N–H and O–H groups in total. The lowest BCUT2D eigenvalue weighted by Crippen LogP contribution is -2.03. The van der Waals surface area contributed by atoms with Gasteiger partial charge in [0.05, 0.1) is 0 Å². The van der Waals surface area contributed by atoms with Crippen LogP contribution in [0.4, 0.5) is 13.2 Å². The first-order valence-electron chi connectivity index (χ1n) is 3.97. The molecule has 0 aliphatic heterocycles. The van der Waals surface area contributed by atoms with Gasteiger partial charge in [0.2, 0.25) is 0 Å². The summed E-state index contributed by atoms with van der Waals surface area (Å²) in [4.78, 5) is 0. The van der Waals surface area contributed by atoms with Crippen LogP contribution in [-0.4, -0.2) is 18.3 Å². The number of alkyl halides is 2. The summed E-state index contributed by atoms with van der Waals surface area (Å²) in [6, 6.07) is 3.32. The average Bonchev–Trinajstić information content (AvgIpc) is 2.18. The van der Waals surface area contributed by atoms with Gasteiger partial charge in [-0.3, -0.25) is 0 Å². The predicted molar refractivity (Wildman–Crippen MR) is 47.0 cm³/mol. The van der Waals surface area contributed by atoms with Crippen molar-refractivity contribution in [3.05, 3.63) is 29.6 Å². The maximum absolute atomic E-state index is 12.9. The van der Waals surface area contributed by atoms with E-state index in [4.69, 9.17) is 5.11 Å². The lowest BCUT2D eigenvalue weighted by Gasteiger charge is -2.05. The summed E-state index contributed by atoms with van der Waals surface area (Å²) in [6.07, 6.45) is 0. The molecule has 1 rings (SSSR count). The summed E-state index contributed by atoms with van der Waals surface area (Å²) in [5.74, 6) is 3.30. The molecule has 5 heteroatoms. The van der Waals surface area contributed by atoms with Crippen LogP contribution in [0.25, 0.3) is 0 Å². The number of aliphatic hydroxyl groups is 1. The van der Waals surface area contributed by atoms with Gasteiger partial charge in [-0.2, -0.15) is 8.78 Å². The molecule has 0 amide bonds. The van der Waals surface area contributed by atoms with E-state index in [0.29, 0.717) is 5.56 Å². The Bertz CT molecular complexity index is 393. The third kappa shape index (κ3) is 3.52. The second-order valence-electron chi connectivity index (χ2n) is 2.48. The van der Waals surface area contributed by atoms with Crippen molar-refractivity contribution < 1.29 is 23.0 Å². The highest BCUT2D eigenvalue weighted by Gasteiger charge is 2.09. The summed E-state index contributed by atoms with van der Waals surface area (Å²) in [6.45, 7) is -3.44. The van der Waals surface area contributed by atoms with Gasteiger partial charge in [0, 0.05) is 5.56 Å². The van der Waals surface area contributed by atoms with E-state index in [1.165, 1.54) is 6.07 Å². The molecule has 1 aromatic carbocycles. The van der Waals surface area contributed by atoms with Crippen LogP contribution in [0.15, 0.2) is 18.2 Å². The molecule has 0 unspecified atom stereocenters. The Morgan fingerprint density at radius 1 is 1.40 bits per heavy atom. The first kappa shape index (κ1) is 11.4. The first-order valence-corrected chi connectivity index (χ1v) is 3.97. The number of rotatable bonds is 2. The number of aliphatic hydroxyl groups excluding tert-OH is 1. The number of benzene rings is 1. The van der Waals surface area contributed by atoms with Crippen molar-refractivity contribution in [3.63, 3.8) is 0 Å². The Morgan fingerprint density at radius 2 is 2.13 bits per heavy atom. The smallest absolute Gasteiger partial charge is 0.387 e. The van der Waals surface area contributed by atoms with Gasteiger partial charge in [-0.25, -0.2) is 4.39 Å². The molecule has 2 nitrogen and oxygen atoms in total. The Balaban J connectivity index is 2.94. The Labute approximate surface area is 84.3 Å². The summed E-state index contributed by atoms with van der Waals surface area (Å²) in [5, 5.41) is 8.40. The van der Waals surface area contributed by atoms with E-state index in [9.17, 15) is 13.2 Å². The quantitative estimate of drug-likeness (QED) is 0.763. The Hall–Kier alpha value is -1.67. The van der Waals surface area contributed by atoms with E-state index in [2.05, 4.69) is 16.6 Å². The molecule has 0 radical (unpaired) electrons. The monoisotopic (exact) mass is 216 g/mol. The Morgan fingerprint density at radius 3 is 2.73 bits per heavy atom. The number of halogens is 3. The summed E-state index contributed by atoms with van der Waals surface area (Å²) in [7, 11) is 0. The number of hydrogen-bond donors (Lipinski definition) is 1. The van der Waals surface area contributed by atoms with E-state index in [0.717, 1.165) is 12.1 Å². The molecule has 0 spiro atoms. The normalized spacial score (nSPS) is 9.67. The minimum Gasteiger partial charge on any atom is -0.432 e. The fourth-order valence-corrected chi connectivity index (χ4v) is 0.909. The van der Waals surface area contributed by atoms with Crippen molar-refractivity contribution in [2.45, 2.75) is 6.61 Å². The molecular formula is C10H7F3O2. The van der Waals surface area contributed by atoms with E-state index >= 15 is 0 Å². The fourth-order valence-electron chi connectivity index (χ4n) is 0.909. The third-order valence-electron chi connectivity index (χ3n) is 1.46. The van der Waals surface area contributed by atoms with Crippen molar-refractivity contribution in [2.24, 2.45) is 0 Å². The minimum atomic E-state index is -3.08. The Kier molecular flexibility index (Phi) is 4.01. The van der Waals surface area contributed by atoms with Gasteiger partial charge in [0.1, 0.15) is 6.61 Å². The molecule has 15 heavy (non-hydrogen) atoms. The van der Waals surface area contributed by atoms with Crippen molar-refractivity contribution >= 4 is 0 Å². The molecule has 80 valence electrons. The van der Waals surface area contributed by atoms with Crippen LogP contribution >= 0.6 is 0 Å². The molecule has 0 aliphatic carbocycles. The zero-order chi connectivity index (χ0) is 11.3. The summed E-state index contributed by atoms with van der Waals surface area (Å²) < 4.78 is 40.5. The molecule has 0 aliphatic rings. The van der Waals surface area contributed by atoms with Crippen molar-refractivity contribution in [1.82, 2.24) is 0 Å². The van der Waals surface area contributed by atoms with Crippen molar-refractivity contribution in [1.29, 1.82) is 0 Å². The fraction of sp³-hybridized carbons (Fsp3) is 0.200. The number of ether oxygens (including phenoxy) is 1. The van der Waals surface area contributed by atoms with E-state index in [1.807, 2.05) is 0 Å². The highest BCUT2D eigenvalue weighted by molar-refractivity contribution is 5.40. The average molecular weight is 216 g/mol. The van der Waals surface area contributed by atoms with Gasteiger partial charge >= 0.3 is 6.61 Å². The van der Waals surface area contributed by atoms with Crippen LogP contribution in [0.1, 0.15) is 5.56 Å². The van der Waals surface area contributed by atoms with Gasteiger partial charge in [0.25, 0.3) is 0 Å². The molecule has 0 fully saturated rings. The molecular weight excluding hydrogens is 209 g/mol. The van der Waals surface area contributed by atoms with Gasteiger partial charge in [-0.15, -0.1) is 0 Å². The first-order chi connectivity index (χ1) is 7.13. The maximum Gasteiger partial charge on any atom is 0.387 e. The van der Waals surface area contributed by atoms with Crippen LogP contribution in [0.5, 0.6) is 5.75 Å². The standard InChI is InChI=1S/C10H7F3O2/c11-8-4-3-7(2-1-5-14)6-9(8)15-10(12)13/h3-4,6,10,14H,5H2. The highest BCUT2D eigenvalue weighted by Crippen LogP contribution is 2.20. The molecule has 0 saturated carbocycles. The highest BCUT2D eigenvalue weighted by atomic mass is 19.3. The molecule has 0 heterocycles. The number of hydrogen-bond acceptors (Lipinski definition) is 2. The van der Waals surface area contributed by atoms with E-state index in [1.54, 1.807) is 0 Å². The van der Waals surface area contributed by atoms with Crippen LogP contribution in [0.3, 0.4) is 0 Å². The summed E-state index contributed by atoms with van der Waals surface area (Å²) in [5.41, 5.74) is 0.293. The predicted octanol–water partition coefficient (Wildman–Crippen LogP) is 1.77. The summed E-state index contributed by atoms with van der Waals surface area (Å²) >= 11 is 0. The van der Waals surface area contributed by atoms with Gasteiger partial charge in [-0.1, -0.05) is 11.8 Å².